The van der Waals surface area contributed by atoms with E-state index < -0.39 is 0 Å². The molecule has 4 nitrogen and oxygen atoms in total. The van der Waals surface area contributed by atoms with Gasteiger partial charge < -0.3 is 10.3 Å². The Kier molecular flexibility index (Phi) is 6.16. The number of nitrogens with zero attached hydrogens (tertiary/aromatic N) is 1. The number of nitrogens with one attached hydrogen (secondary N) is 2. The van der Waals surface area contributed by atoms with Gasteiger partial charge in [-0.2, -0.15) is 0 Å². The third-order valence-electron chi connectivity index (χ3n) is 4.75. The first-order valence-corrected chi connectivity index (χ1v) is 10.8. The highest BCUT2D eigenvalue weighted by molar-refractivity contribution is 14.1. The average molecular weight is 516 g/mol. The van der Waals surface area contributed by atoms with Gasteiger partial charge in [0.05, 0.1) is 11.4 Å². The summed E-state index contributed by atoms with van der Waals surface area (Å²) in [6.45, 7) is 0. The lowest BCUT2D eigenvalue weighted by atomic mass is 10.0. The number of aromatic nitrogens is 2. The molecular weight excluding hydrogens is 497 g/mol. The summed E-state index contributed by atoms with van der Waals surface area (Å²) in [5.41, 5.74) is 4.86. The van der Waals surface area contributed by atoms with Crippen molar-refractivity contribution < 1.29 is 4.79 Å². The van der Waals surface area contributed by atoms with E-state index in [1.54, 1.807) is 6.20 Å². The van der Waals surface area contributed by atoms with Crippen LogP contribution in [0.1, 0.15) is 18.4 Å². The van der Waals surface area contributed by atoms with Crippen molar-refractivity contribution >= 4 is 56.7 Å². The van der Waals surface area contributed by atoms with Crippen molar-refractivity contribution in [3.05, 3.63) is 81.0 Å². The Morgan fingerprint density at radius 3 is 2.69 bits per heavy atom. The highest BCUT2D eigenvalue weighted by Gasteiger charge is 2.15. The number of aromatic amines is 1. The van der Waals surface area contributed by atoms with Crippen molar-refractivity contribution in [3.8, 4) is 11.4 Å². The van der Waals surface area contributed by atoms with Crippen LogP contribution >= 0.6 is 34.2 Å². The van der Waals surface area contributed by atoms with Crippen LogP contribution in [0.25, 0.3) is 22.3 Å². The van der Waals surface area contributed by atoms with Crippen LogP contribution in [0.4, 0.5) is 5.69 Å². The molecule has 0 radical (unpaired) electrons. The van der Waals surface area contributed by atoms with Crippen LogP contribution in [-0.4, -0.2) is 15.9 Å². The van der Waals surface area contributed by atoms with Gasteiger partial charge in [-0.25, -0.2) is 0 Å². The third kappa shape index (κ3) is 4.79. The molecule has 0 aliphatic heterocycles. The van der Waals surface area contributed by atoms with E-state index in [1.807, 2.05) is 60.7 Å². The van der Waals surface area contributed by atoms with E-state index in [0.717, 1.165) is 50.0 Å². The number of rotatable bonds is 6. The predicted octanol–water partition coefficient (Wildman–Crippen LogP) is 6.45. The van der Waals surface area contributed by atoms with Crippen LogP contribution < -0.4 is 5.32 Å². The zero-order valence-electron chi connectivity index (χ0n) is 15.6. The van der Waals surface area contributed by atoms with Gasteiger partial charge in [0.1, 0.15) is 0 Å². The molecule has 2 N–H and O–H groups in total. The van der Waals surface area contributed by atoms with Crippen molar-refractivity contribution in [3.63, 3.8) is 0 Å². The summed E-state index contributed by atoms with van der Waals surface area (Å²) < 4.78 is 1.14. The number of fused-ring (bicyclic) bond motifs is 1. The molecule has 0 spiro atoms. The molecule has 1 amide bonds. The number of H-pyrrole nitrogens is 1. The first-order chi connectivity index (χ1) is 14.1. The molecule has 6 heteroatoms. The van der Waals surface area contributed by atoms with Crippen LogP contribution in [0, 0.1) is 3.57 Å². The van der Waals surface area contributed by atoms with Crippen LogP contribution in [-0.2, 0) is 11.2 Å². The molecule has 146 valence electrons. The number of carbonyl (C=O) groups excluding carboxylic acids is 1. The maximum atomic E-state index is 12.3. The van der Waals surface area contributed by atoms with Crippen LogP contribution in [0.3, 0.4) is 0 Å². The number of benzene rings is 2. The number of anilines is 1. The molecule has 2 aromatic carbocycles. The number of pyridine rings is 1. The minimum atomic E-state index is 0.0171. The van der Waals surface area contributed by atoms with Gasteiger partial charge in [-0.1, -0.05) is 17.7 Å². The van der Waals surface area contributed by atoms with Crippen molar-refractivity contribution in [2.24, 2.45) is 0 Å². The maximum absolute atomic E-state index is 12.3. The largest absolute Gasteiger partial charge is 0.353 e. The third-order valence-corrected chi connectivity index (χ3v) is 5.70. The van der Waals surface area contributed by atoms with Gasteiger partial charge in [-0.3, -0.25) is 9.78 Å². The molecule has 0 bridgehead atoms. The van der Waals surface area contributed by atoms with Gasteiger partial charge >= 0.3 is 0 Å². The minimum absolute atomic E-state index is 0.0171. The summed E-state index contributed by atoms with van der Waals surface area (Å²) in [6.07, 6.45) is 3.72. The fraction of sp³-hybridized carbons (Fsp3) is 0.130. The predicted molar refractivity (Wildman–Crippen MR) is 127 cm³/mol. The van der Waals surface area contributed by atoms with E-state index >= 15 is 0 Å². The molecule has 0 unspecified atom stereocenters. The minimum Gasteiger partial charge on any atom is -0.353 e. The Balaban J connectivity index is 1.51. The molecule has 0 saturated carbocycles. The second kappa shape index (κ2) is 8.97. The Bertz CT molecular complexity index is 1140. The standard InChI is InChI=1S/C23H19ClIN3O/c24-15-7-12-20-19(14-15)18(23(28-20)21-5-1-2-13-26-21)4-3-6-22(29)27-17-10-8-16(25)9-11-17/h1-2,5,7-14,28H,3-4,6H2,(H,27,29). The van der Waals surface area contributed by atoms with Gasteiger partial charge in [-0.05, 0) is 95.6 Å². The summed E-state index contributed by atoms with van der Waals surface area (Å²) >= 11 is 8.48. The fourth-order valence-electron chi connectivity index (χ4n) is 3.39. The van der Waals surface area contributed by atoms with Crippen molar-refractivity contribution in [2.75, 3.05) is 5.32 Å². The average Bonchev–Trinajstić information content (AvgIpc) is 3.08. The molecule has 0 fully saturated rings. The fourth-order valence-corrected chi connectivity index (χ4v) is 3.92. The van der Waals surface area contributed by atoms with Crippen molar-refractivity contribution in [1.29, 1.82) is 0 Å². The van der Waals surface area contributed by atoms with Gasteiger partial charge in [0.25, 0.3) is 0 Å². The SMILES string of the molecule is O=C(CCCc1c(-c2ccccn2)[nH]c2ccc(Cl)cc12)Nc1ccc(I)cc1. The Morgan fingerprint density at radius 1 is 1.10 bits per heavy atom. The Labute approximate surface area is 187 Å². The number of hydrogen-bond acceptors (Lipinski definition) is 2. The molecule has 0 aliphatic carbocycles. The second-order valence-electron chi connectivity index (χ2n) is 6.79. The highest BCUT2D eigenvalue weighted by Crippen LogP contribution is 2.32. The van der Waals surface area contributed by atoms with E-state index in [1.165, 1.54) is 0 Å². The first-order valence-electron chi connectivity index (χ1n) is 9.37. The summed E-state index contributed by atoms with van der Waals surface area (Å²) in [6, 6.07) is 19.5. The molecular formula is C23H19ClIN3O. The Hall–Kier alpha value is -2.38. The lowest BCUT2D eigenvalue weighted by molar-refractivity contribution is -0.116. The molecule has 2 heterocycles. The lowest BCUT2D eigenvalue weighted by Crippen LogP contribution is -2.11. The first kappa shape index (κ1) is 19.9. The summed E-state index contributed by atoms with van der Waals surface area (Å²) in [4.78, 5) is 20.3. The lowest BCUT2D eigenvalue weighted by Gasteiger charge is -2.07. The maximum Gasteiger partial charge on any atom is 0.224 e. The molecule has 2 aromatic heterocycles. The summed E-state index contributed by atoms with van der Waals surface area (Å²) in [5.74, 6) is 0.0171. The Morgan fingerprint density at radius 2 is 1.93 bits per heavy atom. The number of halogens is 2. The topological polar surface area (TPSA) is 57.8 Å². The molecule has 29 heavy (non-hydrogen) atoms. The quantitative estimate of drug-likeness (QED) is 0.290. The monoisotopic (exact) mass is 515 g/mol. The zero-order chi connectivity index (χ0) is 20.2. The van der Waals surface area contributed by atoms with E-state index in [0.29, 0.717) is 11.4 Å². The molecule has 0 atom stereocenters. The van der Waals surface area contributed by atoms with E-state index in [9.17, 15) is 4.79 Å². The molecule has 4 aromatic rings. The van der Waals surface area contributed by atoms with Gasteiger partial charge in [-0.15, -0.1) is 0 Å². The highest BCUT2D eigenvalue weighted by atomic mass is 127. The van der Waals surface area contributed by atoms with E-state index in [-0.39, 0.29) is 5.91 Å². The molecule has 0 aliphatic rings. The number of carbonyl (C=O) groups is 1. The van der Waals surface area contributed by atoms with Crippen molar-refractivity contribution in [1.82, 2.24) is 9.97 Å². The summed E-state index contributed by atoms with van der Waals surface area (Å²) in [5, 5.41) is 4.73. The van der Waals surface area contributed by atoms with Crippen LogP contribution in [0.15, 0.2) is 66.9 Å². The molecule has 0 saturated heterocycles. The van der Waals surface area contributed by atoms with Crippen LogP contribution in [0.2, 0.25) is 5.02 Å². The number of hydrogen-bond donors (Lipinski definition) is 2. The van der Waals surface area contributed by atoms with Crippen LogP contribution in [0.5, 0.6) is 0 Å². The zero-order valence-corrected chi connectivity index (χ0v) is 18.5. The van der Waals surface area contributed by atoms with Gasteiger partial charge in [0, 0.05) is 37.8 Å². The number of amides is 1. The summed E-state index contributed by atoms with van der Waals surface area (Å²) in [7, 11) is 0. The van der Waals surface area contributed by atoms with Gasteiger partial charge in [0.15, 0.2) is 0 Å². The molecule has 4 rings (SSSR count). The van der Waals surface area contributed by atoms with E-state index in [2.05, 4.69) is 37.9 Å². The second-order valence-corrected chi connectivity index (χ2v) is 8.47. The van der Waals surface area contributed by atoms with E-state index in [4.69, 9.17) is 11.6 Å². The van der Waals surface area contributed by atoms with Gasteiger partial charge in [0.2, 0.25) is 5.91 Å². The smallest absolute Gasteiger partial charge is 0.224 e. The normalized spacial score (nSPS) is 11.0. The van der Waals surface area contributed by atoms with Crippen molar-refractivity contribution in [2.45, 2.75) is 19.3 Å². The number of aryl methyl sites for hydroxylation is 1.